The molecule has 0 radical (unpaired) electrons. The monoisotopic (exact) mass is 260 g/mol. The van der Waals surface area contributed by atoms with E-state index in [2.05, 4.69) is 5.10 Å². The molecule has 0 saturated carbocycles. The first-order chi connectivity index (χ1) is 8.29. The van der Waals surface area contributed by atoms with Crippen molar-refractivity contribution in [1.29, 1.82) is 0 Å². The number of nitrogens with zero attached hydrogens (tertiary/aromatic N) is 1. The molecule has 0 fully saturated rings. The Bertz CT molecular complexity index is 521. The first-order valence-electron chi connectivity index (χ1n) is 5.99. The zero-order valence-electron chi connectivity index (χ0n) is 10.3. The van der Waals surface area contributed by atoms with Crippen LogP contribution in [0.5, 0.6) is 0 Å². The van der Waals surface area contributed by atoms with Crippen LogP contribution in [0, 0.1) is 0 Å². The maximum absolute atomic E-state index is 12.9. The standard InChI is InChI=1S/C12H15F3N2O/c1-3-5-11(2)6-4-7-8(12(13,14)15)10(18)17-16-9(7)11/h3-6H2,1-2H3,(H,17,18). The van der Waals surface area contributed by atoms with E-state index in [1.54, 1.807) is 0 Å². The van der Waals surface area contributed by atoms with Gasteiger partial charge in [-0.05, 0) is 24.8 Å². The summed E-state index contributed by atoms with van der Waals surface area (Å²) in [5.41, 5.74) is -2.05. The first kappa shape index (κ1) is 13.1. The molecule has 1 aromatic heterocycles. The van der Waals surface area contributed by atoms with Crippen molar-refractivity contribution in [3.05, 3.63) is 27.2 Å². The third kappa shape index (κ3) is 1.93. The average Bonchev–Trinajstić information content (AvgIpc) is 2.54. The summed E-state index contributed by atoms with van der Waals surface area (Å²) >= 11 is 0. The molecule has 0 bridgehead atoms. The predicted octanol–water partition coefficient (Wildman–Crippen LogP) is 2.79. The van der Waals surface area contributed by atoms with Crippen LogP contribution in [-0.4, -0.2) is 10.2 Å². The van der Waals surface area contributed by atoms with Gasteiger partial charge in [-0.1, -0.05) is 20.3 Å². The van der Waals surface area contributed by atoms with Crippen molar-refractivity contribution in [2.45, 2.75) is 51.1 Å². The lowest BCUT2D eigenvalue weighted by atomic mass is 9.83. The molecule has 0 saturated heterocycles. The van der Waals surface area contributed by atoms with Crippen LogP contribution in [0.25, 0.3) is 0 Å². The maximum Gasteiger partial charge on any atom is 0.422 e. The van der Waals surface area contributed by atoms with Gasteiger partial charge in [0, 0.05) is 5.41 Å². The molecule has 1 N–H and O–H groups in total. The van der Waals surface area contributed by atoms with E-state index in [1.807, 2.05) is 18.9 Å². The van der Waals surface area contributed by atoms with Gasteiger partial charge in [-0.25, -0.2) is 5.10 Å². The third-order valence-electron chi connectivity index (χ3n) is 3.67. The highest BCUT2D eigenvalue weighted by atomic mass is 19.4. The van der Waals surface area contributed by atoms with E-state index >= 15 is 0 Å². The van der Waals surface area contributed by atoms with Crippen molar-refractivity contribution in [2.24, 2.45) is 0 Å². The second-order valence-corrected chi connectivity index (χ2v) is 5.06. The van der Waals surface area contributed by atoms with Gasteiger partial charge in [-0.2, -0.15) is 18.3 Å². The highest BCUT2D eigenvalue weighted by Gasteiger charge is 2.44. The van der Waals surface area contributed by atoms with E-state index in [9.17, 15) is 18.0 Å². The van der Waals surface area contributed by atoms with Crippen LogP contribution in [0.15, 0.2) is 4.79 Å². The minimum absolute atomic E-state index is 0.0854. The minimum Gasteiger partial charge on any atom is -0.267 e. The number of aromatic amines is 1. The molecule has 1 heterocycles. The van der Waals surface area contributed by atoms with Crippen LogP contribution >= 0.6 is 0 Å². The largest absolute Gasteiger partial charge is 0.422 e. The zero-order valence-corrected chi connectivity index (χ0v) is 10.3. The Kier molecular flexibility index (Phi) is 2.99. The molecule has 3 nitrogen and oxygen atoms in total. The number of hydrogen-bond acceptors (Lipinski definition) is 2. The molecule has 2 rings (SSSR count). The molecule has 0 spiro atoms. The third-order valence-corrected chi connectivity index (χ3v) is 3.67. The number of alkyl halides is 3. The Morgan fingerprint density at radius 2 is 2.11 bits per heavy atom. The van der Waals surface area contributed by atoms with Crippen molar-refractivity contribution in [2.75, 3.05) is 0 Å². The summed E-state index contributed by atoms with van der Waals surface area (Å²) in [6, 6.07) is 0. The topological polar surface area (TPSA) is 45.8 Å². The zero-order chi connectivity index (χ0) is 13.6. The summed E-state index contributed by atoms with van der Waals surface area (Å²) in [5, 5.41) is 5.86. The van der Waals surface area contributed by atoms with Crippen LogP contribution in [-0.2, 0) is 18.0 Å². The smallest absolute Gasteiger partial charge is 0.267 e. The Labute approximate surface area is 102 Å². The first-order valence-corrected chi connectivity index (χ1v) is 5.99. The van der Waals surface area contributed by atoms with Crippen LogP contribution in [0.1, 0.15) is 49.9 Å². The molecule has 1 unspecified atom stereocenters. The molecular formula is C12H15F3N2O. The number of nitrogens with one attached hydrogen (secondary N) is 1. The van der Waals surface area contributed by atoms with Gasteiger partial charge in [-0.15, -0.1) is 0 Å². The Hall–Kier alpha value is -1.33. The quantitative estimate of drug-likeness (QED) is 0.888. The highest BCUT2D eigenvalue weighted by Crippen LogP contribution is 2.43. The molecule has 18 heavy (non-hydrogen) atoms. The maximum atomic E-state index is 12.9. The summed E-state index contributed by atoms with van der Waals surface area (Å²) in [6.45, 7) is 3.90. The average molecular weight is 260 g/mol. The van der Waals surface area contributed by atoms with Gasteiger partial charge in [0.25, 0.3) is 5.56 Å². The fourth-order valence-corrected chi connectivity index (χ4v) is 2.84. The van der Waals surface area contributed by atoms with Gasteiger partial charge in [0.2, 0.25) is 0 Å². The Balaban J connectivity index is 2.62. The molecule has 100 valence electrons. The van der Waals surface area contributed by atoms with Crippen molar-refractivity contribution >= 4 is 0 Å². The van der Waals surface area contributed by atoms with Gasteiger partial charge < -0.3 is 0 Å². The number of halogens is 3. The number of aromatic nitrogens is 2. The summed E-state index contributed by atoms with van der Waals surface area (Å²) in [6.07, 6.45) is -2.08. The summed E-state index contributed by atoms with van der Waals surface area (Å²) in [7, 11) is 0. The van der Waals surface area contributed by atoms with Gasteiger partial charge in [0.15, 0.2) is 0 Å². The molecule has 1 aliphatic carbocycles. The highest BCUT2D eigenvalue weighted by molar-refractivity contribution is 5.39. The minimum atomic E-state index is -4.61. The normalized spacial score (nSPS) is 23.2. The van der Waals surface area contributed by atoms with E-state index < -0.39 is 17.3 Å². The molecule has 1 atom stereocenters. The number of fused-ring (bicyclic) bond motifs is 1. The van der Waals surface area contributed by atoms with Crippen molar-refractivity contribution in [3.63, 3.8) is 0 Å². The van der Waals surface area contributed by atoms with Crippen LogP contribution in [0.4, 0.5) is 13.2 Å². The van der Waals surface area contributed by atoms with E-state index in [0.29, 0.717) is 12.1 Å². The van der Waals surface area contributed by atoms with Gasteiger partial charge in [-0.3, -0.25) is 4.79 Å². The molecule has 6 heteroatoms. The summed E-state index contributed by atoms with van der Waals surface area (Å²) in [5.74, 6) is 0. The SMILES string of the molecule is CCCC1(C)CCc2c1n[nH]c(=O)c2C(F)(F)F. The van der Waals surface area contributed by atoms with E-state index in [-0.39, 0.29) is 17.4 Å². The van der Waals surface area contributed by atoms with E-state index in [1.165, 1.54) is 0 Å². The van der Waals surface area contributed by atoms with E-state index in [0.717, 1.165) is 12.8 Å². The molecule has 0 amide bonds. The molecule has 1 aliphatic rings. The fourth-order valence-electron chi connectivity index (χ4n) is 2.84. The van der Waals surface area contributed by atoms with Crippen LogP contribution in [0.2, 0.25) is 0 Å². The molecular weight excluding hydrogens is 245 g/mol. The van der Waals surface area contributed by atoms with Gasteiger partial charge in [0.05, 0.1) is 5.69 Å². The number of rotatable bonds is 2. The summed E-state index contributed by atoms with van der Waals surface area (Å²) in [4.78, 5) is 11.4. The van der Waals surface area contributed by atoms with Crippen molar-refractivity contribution in [3.8, 4) is 0 Å². The van der Waals surface area contributed by atoms with Crippen LogP contribution < -0.4 is 5.56 Å². The molecule has 0 aromatic carbocycles. The molecule has 0 aliphatic heterocycles. The predicted molar refractivity (Wildman–Crippen MR) is 60.4 cm³/mol. The molecule has 1 aromatic rings. The summed E-state index contributed by atoms with van der Waals surface area (Å²) < 4.78 is 38.7. The second-order valence-electron chi connectivity index (χ2n) is 5.06. The number of H-pyrrole nitrogens is 1. The lowest BCUT2D eigenvalue weighted by Gasteiger charge is -2.23. The van der Waals surface area contributed by atoms with Crippen molar-refractivity contribution in [1.82, 2.24) is 10.2 Å². The van der Waals surface area contributed by atoms with Crippen molar-refractivity contribution < 1.29 is 13.2 Å². The number of hydrogen-bond donors (Lipinski definition) is 1. The van der Waals surface area contributed by atoms with Gasteiger partial charge >= 0.3 is 6.18 Å². The fraction of sp³-hybridized carbons (Fsp3) is 0.667. The lowest BCUT2D eigenvalue weighted by Crippen LogP contribution is -2.28. The van der Waals surface area contributed by atoms with Gasteiger partial charge in [0.1, 0.15) is 5.56 Å². The Morgan fingerprint density at radius 3 is 2.67 bits per heavy atom. The van der Waals surface area contributed by atoms with Crippen LogP contribution in [0.3, 0.4) is 0 Å². The lowest BCUT2D eigenvalue weighted by molar-refractivity contribution is -0.139. The second kappa shape index (κ2) is 4.10. The van der Waals surface area contributed by atoms with E-state index in [4.69, 9.17) is 0 Å². The Morgan fingerprint density at radius 1 is 1.44 bits per heavy atom.